The number of carbonyl (C=O) groups is 1. The lowest BCUT2D eigenvalue weighted by Crippen LogP contribution is -2.07. The van der Waals surface area contributed by atoms with Crippen LogP contribution in [0, 0.1) is 0 Å². The molecule has 0 bridgehead atoms. The van der Waals surface area contributed by atoms with Gasteiger partial charge < -0.3 is 18.9 Å². The molecule has 1 aliphatic rings. The molecule has 3 rings (SSSR count). The molecule has 140 valence electrons. The first kappa shape index (κ1) is 18.5. The van der Waals surface area contributed by atoms with Crippen LogP contribution in [0.5, 0.6) is 17.2 Å². The monoisotopic (exact) mass is 367 g/mol. The SMILES string of the molecule is CCOc1ccc(/C=C2/N=C(c3ccccc3OCC)OC2=O)cc1OC. The molecule has 2 aromatic carbocycles. The number of benzene rings is 2. The molecule has 0 atom stereocenters. The van der Waals surface area contributed by atoms with Crippen LogP contribution >= 0.6 is 0 Å². The molecule has 0 amide bonds. The van der Waals surface area contributed by atoms with Gasteiger partial charge in [-0.15, -0.1) is 0 Å². The number of methoxy groups -OCH3 is 1. The summed E-state index contributed by atoms with van der Waals surface area (Å²) in [6.07, 6.45) is 1.65. The fourth-order valence-corrected chi connectivity index (χ4v) is 2.66. The van der Waals surface area contributed by atoms with Crippen molar-refractivity contribution in [3.8, 4) is 17.2 Å². The Balaban J connectivity index is 1.93. The number of aliphatic imine (C=N–C) groups is 1. The lowest BCUT2D eigenvalue weighted by atomic mass is 10.1. The highest BCUT2D eigenvalue weighted by Gasteiger charge is 2.26. The highest BCUT2D eigenvalue weighted by Crippen LogP contribution is 2.30. The van der Waals surface area contributed by atoms with Crippen LogP contribution in [-0.2, 0) is 9.53 Å². The first-order valence-electron chi connectivity index (χ1n) is 8.71. The fraction of sp³-hybridized carbons (Fsp3) is 0.238. The summed E-state index contributed by atoms with van der Waals surface area (Å²) >= 11 is 0. The minimum atomic E-state index is -0.510. The molecule has 0 unspecified atom stereocenters. The number of hydrogen-bond donors (Lipinski definition) is 0. The van der Waals surface area contributed by atoms with Gasteiger partial charge in [0.2, 0.25) is 5.90 Å². The first-order chi connectivity index (χ1) is 13.2. The van der Waals surface area contributed by atoms with Gasteiger partial charge in [-0.3, -0.25) is 0 Å². The van der Waals surface area contributed by atoms with E-state index in [1.165, 1.54) is 0 Å². The summed E-state index contributed by atoms with van der Waals surface area (Å²) in [5.41, 5.74) is 1.60. The highest BCUT2D eigenvalue weighted by molar-refractivity contribution is 6.13. The van der Waals surface area contributed by atoms with Gasteiger partial charge in [0.25, 0.3) is 0 Å². The van der Waals surface area contributed by atoms with E-state index >= 15 is 0 Å². The molecule has 1 heterocycles. The Kier molecular flexibility index (Phi) is 5.76. The molecule has 0 spiro atoms. The molecular weight excluding hydrogens is 346 g/mol. The summed E-state index contributed by atoms with van der Waals surface area (Å²) in [4.78, 5) is 16.6. The van der Waals surface area contributed by atoms with Crippen molar-refractivity contribution in [2.24, 2.45) is 4.99 Å². The van der Waals surface area contributed by atoms with Gasteiger partial charge in [-0.2, -0.15) is 0 Å². The molecular formula is C21H21NO5. The van der Waals surface area contributed by atoms with E-state index in [0.29, 0.717) is 36.0 Å². The molecule has 0 saturated heterocycles. The predicted octanol–water partition coefficient (Wildman–Crippen LogP) is 3.84. The van der Waals surface area contributed by atoms with Crippen molar-refractivity contribution < 1.29 is 23.7 Å². The Morgan fingerprint density at radius 3 is 2.48 bits per heavy atom. The molecule has 27 heavy (non-hydrogen) atoms. The van der Waals surface area contributed by atoms with Crippen molar-refractivity contribution in [3.05, 3.63) is 59.3 Å². The minimum absolute atomic E-state index is 0.211. The lowest BCUT2D eigenvalue weighted by molar-refractivity contribution is -0.129. The zero-order valence-electron chi connectivity index (χ0n) is 15.5. The predicted molar refractivity (Wildman–Crippen MR) is 102 cm³/mol. The van der Waals surface area contributed by atoms with E-state index in [-0.39, 0.29) is 11.6 Å². The van der Waals surface area contributed by atoms with Crippen molar-refractivity contribution in [3.63, 3.8) is 0 Å². The van der Waals surface area contributed by atoms with E-state index in [1.54, 1.807) is 31.4 Å². The molecule has 1 aliphatic heterocycles. The van der Waals surface area contributed by atoms with E-state index in [0.717, 1.165) is 5.56 Å². The van der Waals surface area contributed by atoms with Crippen molar-refractivity contribution >= 4 is 17.9 Å². The van der Waals surface area contributed by atoms with Gasteiger partial charge >= 0.3 is 5.97 Å². The van der Waals surface area contributed by atoms with Crippen molar-refractivity contribution in [1.82, 2.24) is 0 Å². The second-order valence-electron chi connectivity index (χ2n) is 5.61. The summed E-state index contributed by atoms with van der Waals surface area (Å²) in [5, 5.41) is 0. The average molecular weight is 367 g/mol. The summed E-state index contributed by atoms with van der Waals surface area (Å²) < 4.78 is 21.8. The van der Waals surface area contributed by atoms with Crippen LogP contribution in [-0.4, -0.2) is 32.2 Å². The molecule has 6 nitrogen and oxygen atoms in total. The molecule has 0 aliphatic carbocycles. The number of cyclic esters (lactones) is 1. The summed E-state index contributed by atoms with van der Waals surface area (Å²) in [6.45, 7) is 4.84. The van der Waals surface area contributed by atoms with Crippen LogP contribution in [0.2, 0.25) is 0 Å². The Morgan fingerprint density at radius 1 is 1.00 bits per heavy atom. The van der Waals surface area contributed by atoms with E-state index in [1.807, 2.05) is 38.1 Å². The van der Waals surface area contributed by atoms with Crippen LogP contribution < -0.4 is 14.2 Å². The Bertz CT molecular complexity index is 901. The van der Waals surface area contributed by atoms with E-state index in [2.05, 4.69) is 4.99 Å². The summed E-state index contributed by atoms with van der Waals surface area (Å²) in [7, 11) is 1.57. The average Bonchev–Trinajstić information content (AvgIpc) is 3.04. The van der Waals surface area contributed by atoms with Crippen molar-refractivity contribution in [1.29, 1.82) is 0 Å². The van der Waals surface area contributed by atoms with Crippen LogP contribution in [0.3, 0.4) is 0 Å². The van der Waals surface area contributed by atoms with Gasteiger partial charge in [0.05, 0.1) is 25.9 Å². The number of hydrogen-bond acceptors (Lipinski definition) is 6. The van der Waals surface area contributed by atoms with Gasteiger partial charge in [0, 0.05) is 0 Å². The van der Waals surface area contributed by atoms with Crippen LogP contribution in [0.15, 0.2) is 53.2 Å². The van der Waals surface area contributed by atoms with Crippen LogP contribution in [0.4, 0.5) is 0 Å². The number of para-hydroxylation sites is 1. The number of esters is 1. The zero-order valence-corrected chi connectivity index (χ0v) is 15.5. The second-order valence-corrected chi connectivity index (χ2v) is 5.61. The normalized spacial score (nSPS) is 14.7. The molecule has 6 heteroatoms. The summed E-state index contributed by atoms with van der Waals surface area (Å²) in [5.74, 6) is 1.57. The van der Waals surface area contributed by atoms with Crippen molar-refractivity contribution in [2.45, 2.75) is 13.8 Å². The largest absolute Gasteiger partial charge is 0.493 e. The maximum absolute atomic E-state index is 12.3. The molecule has 2 aromatic rings. The fourth-order valence-electron chi connectivity index (χ4n) is 2.66. The van der Waals surface area contributed by atoms with Gasteiger partial charge in [-0.1, -0.05) is 18.2 Å². The van der Waals surface area contributed by atoms with Gasteiger partial charge in [-0.25, -0.2) is 9.79 Å². The minimum Gasteiger partial charge on any atom is -0.493 e. The van der Waals surface area contributed by atoms with Gasteiger partial charge in [0.1, 0.15) is 5.75 Å². The molecule has 0 fully saturated rings. The van der Waals surface area contributed by atoms with Gasteiger partial charge in [0.15, 0.2) is 17.2 Å². The Morgan fingerprint density at radius 2 is 1.74 bits per heavy atom. The van der Waals surface area contributed by atoms with Gasteiger partial charge in [-0.05, 0) is 49.8 Å². The molecule has 0 radical (unpaired) electrons. The highest BCUT2D eigenvalue weighted by atomic mass is 16.6. The van der Waals surface area contributed by atoms with Crippen LogP contribution in [0.25, 0.3) is 6.08 Å². The standard InChI is InChI=1S/C21H21NO5/c1-4-25-17-9-7-6-8-15(17)20-22-16(21(23)27-20)12-14-10-11-18(26-5-2)19(13-14)24-3/h6-13H,4-5H2,1-3H3/b16-12+. The number of ether oxygens (including phenoxy) is 4. The third-order valence-corrected chi connectivity index (χ3v) is 3.83. The molecule has 0 aromatic heterocycles. The van der Waals surface area contributed by atoms with E-state index in [4.69, 9.17) is 18.9 Å². The Hall–Kier alpha value is -3.28. The smallest absolute Gasteiger partial charge is 0.363 e. The number of carbonyl (C=O) groups excluding carboxylic acids is 1. The number of nitrogens with zero attached hydrogens (tertiary/aromatic N) is 1. The third-order valence-electron chi connectivity index (χ3n) is 3.83. The maximum Gasteiger partial charge on any atom is 0.363 e. The molecule has 0 N–H and O–H groups in total. The summed E-state index contributed by atoms with van der Waals surface area (Å²) in [6, 6.07) is 12.7. The van der Waals surface area contributed by atoms with E-state index < -0.39 is 5.97 Å². The quantitative estimate of drug-likeness (QED) is 0.549. The lowest BCUT2D eigenvalue weighted by Gasteiger charge is -2.09. The van der Waals surface area contributed by atoms with Crippen LogP contribution in [0.1, 0.15) is 25.0 Å². The first-order valence-corrected chi connectivity index (χ1v) is 8.71. The third kappa shape index (κ3) is 4.11. The van der Waals surface area contributed by atoms with E-state index in [9.17, 15) is 4.79 Å². The van der Waals surface area contributed by atoms with Crippen molar-refractivity contribution in [2.75, 3.05) is 20.3 Å². The maximum atomic E-state index is 12.3. The number of rotatable bonds is 7. The second kappa shape index (κ2) is 8.40. The zero-order chi connectivity index (χ0) is 19.2. The Labute approximate surface area is 158 Å². The topological polar surface area (TPSA) is 66.3 Å². The molecule has 0 saturated carbocycles.